The predicted molar refractivity (Wildman–Crippen MR) is 96.7 cm³/mol. The Morgan fingerprint density at radius 2 is 1.96 bits per heavy atom. The summed E-state index contributed by atoms with van der Waals surface area (Å²) in [5.41, 5.74) is -0.481. The third-order valence-electron chi connectivity index (χ3n) is 4.17. The number of carbonyl (C=O) groups is 2. The lowest BCUT2D eigenvalue weighted by Gasteiger charge is -2.30. The topological polar surface area (TPSA) is 80.3 Å². The molecule has 8 heteroatoms. The smallest absolute Gasteiger partial charge is 0.407 e. The van der Waals surface area contributed by atoms with Crippen LogP contribution in [0.1, 0.15) is 56.8 Å². The van der Waals surface area contributed by atoms with Gasteiger partial charge in [-0.05, 0) is 58.4 Å². The molecule has 2 amide bonds. The zero-order chi connectivity index (χ0) is 19.3. The number of carbonyl (C=O) groups excluding carboxylic acids is 2. The molecule has 2 rings (SSSR count). The predicted octanol–water partition coefficient (Wildman–Crippen LogP) is 3.69. The van der Waals surface area contributed by atoms with Crippen LogP contribution in [0.15, 0.2) is 12.3 Å². The van der Waals surface area contributed by atoms with E-state index in [0.29, 0.717) is 12.5 Å². The average Bonchev–Trinajstić information content (AvgIpc) is 2.54. The maximum Gasteiger partial charge on any atom is 0.407 e. The normalized spacial score (nSPS) is 20.3. The summed E-state index contributed by atoms with van der Waals surface area (Å²) >= 11 is 5.84. The van der Waals surface area contributed by atoms with Crippen molar-refractivity contribution in [1.82, 2.24) is 15.6 Å². The monoisotopic (exact) mass is 385 g/mol. The number of hydrogen-bond donors (Lipinski definition) is 2. The van der Waals surface area contributed by atoms with Crippen molar-refractivity contribution >= 4 is 23.6 Å². The third kappa shape index (κ3) is 6.44. The zero-order valence-electron chi connectivity index (χ0n) is 15.3. The second-order valence-electron chi connectivity index (χ2n) is 7.57. The fraction of sp³-hybridized carbons (Fsp3) is 0.611. The summed E-state index contributed by atoms with van der Waals surface area (Å²) < 4.78 is 18.5. The largest absolute Gasteiger partial charge is 0.444 e. The third-order valence-corrected chi connectivity index (χ3v) is 4.47. The lowest BCUT2D eigenvalue weighted by Crippen LogP contribution is -2.42. The van der Waals surface area contributed by atoms with E-state index in [-0.39, 0.29) is 16.8 Å². The first kappa shape index (κ1) is 20.4. The summed E-state index contributed by atoms with van der Waals surface area (Å²) in [6.07, 6.45) is 3.95. The number of nitrogens with zero attached hydrogens (tertiary/aromatic N) is 1. The van der Waals surface area contributed by atoms with Gasteiger partial charge in [-0.15, -0.1) is 0 Å². The van der Waals surface area contributed by atoms with E-state index in [1.807, 2.05) is 20.8 Å². The van der Waals surface area contributed by atoms with E-state index < -0.39 is 23.4 Å². The maximum absolute atomic E-state index is 13.2. The molecule has 0 unspecified atom stereocenters. The Balaban J connectivity index is 1.74. The molecule has 0 spiro atoms. The van der Waals surface area contributed by atoms with Crippen molar-refractivity contribution < 1.29 is 18.7 Å². The van der Waals surface area contributed by atoms with Gasteiger partial charge in [-0.25, -0.2) is 14.2 Å². The lowest BCUT2D eigenvalue weighted by atomic mass is 9.86. The highest BCUT2D eigenvalue weighted by molar-refractivity contribution is 6.32. The van der Waals surface area contributed by atoms with Crippen LogP contribution in [0, 0.1) is 11.7 Å². The van der Waals surface area contributed by atoms with Crippen molar-refractivity contribution in [3.63, 3.8) is 0 Å². The van der Waals surface area contributed by atoms with E-state index in [4.69, 9.17) is 16.3 Å². The fourth-order valence-electron chi connectivity index (χ4n) is 2.90. The number of ether oxygens (including phenoxy) is 1. The van der Waals surface area contributed by atoms with Gasteiger partial charge in [-0.2, -0.15) is 0 Å². The van der Waals surface area contributed by atoms with Gasteiger partial charge < -0.3 is 15.4 Å². The molecule has 0 saturated heterocycles. The quantitative estimate of drug-likeness (QED) is 0.774. The molecule has 144 valence electrons. The van der Waals surface area contributed by atoms with Crippen LogP contribution >= 0.6 is 11.6 Å². The summed E-state index contributed by atoms with van der Waals surface area (Å²) in [5.74, 6) is -0.736. The Bertz CT molecular complexity index is 656. The molecule has 0 aromatic carbocycles. The summed E-state index contributed by atoms with van der Waals surface area (Å²) in [5, 5.41) is 5.65. The standard InChI is InChI=1S/C18H25ClFN3O3/c1-18(2,3)26-17(25)23-13-6-4-11(5-7-13)9-22-16(24)14-8-12(20)10-21-15(14)19/h8,10-11,13H,4-7,9H2,1-3H3,(H,22,24)(H,23,25). The highest BCUT2D eigenvalue weighted by Crippen LogP contribution is 2.24. The molecule has 26 heavy (non-hydrogen) atoms. The van der Waals surface area contributed by atoms with E-state index in [9.17, 15) is 14.0 Å². The van der Waals surface area contributed by atoms with Gasteiger partial charge >= 0.3 is 6.09 Å². The SMILES string of the molecule is CC(C)(C)OC(=O)NC1CCC(CNC(=O)c2cc(F)cnc2Cl)CC1. The van der Waals surface area contributed by atoms with Crippen molar-refractivity contribution in [1.29, 1.82) is 0 Å². The summed E-state index contributed by atoms with van der Waals surface area (Å²) in [4.78, 5) is 27.6. The first-order chi connectivity index (χ1) is 12.1. The lowest BCUT2D eigenvalue weighted by molar-refractivity contribution is 0.0487. The van der Waals surface area contributed by atoms with Gasteiger partial charge in [0.2, 0.25) is 0 Å². The van der Waals surface area contributed by atoms with Crippen molar-refractivity contribution in [2.75, 3.05) is 6.54 Å². The molecular weight excluding hydrogens is 361 g/mol. The van der Waals surface area contributed by atoms with Gasteiger partial charge in [0.15, 0.2) is 0 Å². The highest BCUT2D eigenvalue weighted by atomic mass is 35.5. The van der Waals surface area contributed by atoms with Crippen molar-refractivity contribution in [3.8, 4) is 0 Å². The molecule has 1 aromatic heterocycles. The molecule has 2 N–H and O–H groups in total. The van der Waals surface area contributed by atoms with Gasteiger partial charge in [0.1, 0.15) is 16.6 Å². The van der Waals surface area contributed by atoms with Crippen molar-refractivity contribution in [2.45, 2.75) is 58.1 Å². The summed E-state index contributed by atoms with van der Waals surface area (Å²) in [7, 11) is 0. The van der Waals surface area contributed by atoms with Crippen LogP contribution in [0.2, 0.25) is 5.15 Å². The molecule has 1 aliphatic carbocycles. The van der Waals surface area contributed by atoms with Crippen LogP contribution in [0.25, 0.3) is 0 Å². The Kier molecular flexibility index (Phi) is 6.81. The second-order valence-corrected chi connectivity index (χ2v) is 7.92. The van der Waals surface area contributed by atoms with Gasteiger partial charge in [0, 0.05) is 12.6 Å². The van der Waals surface area contributed by atoms with Crippen LogP contribution < -0.4 is 10.6 Å². The van der Waals surface area contributed by atoms with Crippen LogP contribution in [0.4, 0.5) is 9.18 Å². The van der Waals surface area contributed by atoms with E-state index in [1.165, 1.54) is 0 Å². The van der Waals surface area contributed by atoms with Crippen molar-refractivity contribution in [2.24, 2.45) is 5.92 Å². The summed E-state index contributed by atoms with van der Waals surface area (Å²) in [6.45, 7) is 5.95. The van der Waals surface area contributed by atoms with E-state index >= 15 is 0 Å². The molecule has 0 aliphatic heterocycles. The number of alkyl carbamates (subject to hydrolysis) is 1. The minimum absolute atomic E-state index is 0.0193. The minimum atomic E-state index is -0.603. The molecule has 1 heterocycles. The molecule has 1 aromatic rings. The molecule has 1 fully saturated rings. The molecule has 0 radical (unpaired) electrons. The highest BCUT2D eigenvalue weighted by Gasteiger charge is 2.25. The van der Waals surface area contributed by atoms with Crippen LogP contribution in [-0.2, 0) is 4.74 Å². The molecule has 1 aliphatic rings. The number of hydrogen-bond acceptors (Lipinski definition) is 4. The van der Waals surface area contributed by atoms with Crippen LogP contribution in [-0.4, -0.2) is 35.2 Å². The number of amides is 2. The van der Waals surface area contributed by atoms with E-state index in [0.717, 1.165) is 37.9 Å². The number of aromatic nitrogens is 1. The number of pyridine rings is 1. The summed E-state index contributed by atoms with van der Waals surface area (Å²) in [6, 6.07) is 1.16. The molecule has 6 nitrogen and oxygen atoms in total. The Hall–Kier alpha value is -1.89. The van der Waals surface area contributed by atoms with Gasteiger partial charge in [0.05, 0.1) is 11.8 Å². The molecule has 0 atom stereocenters. The average molecular weight is 386 g/mol. The van der Waals surface area contributed by atoms with Crippen LogP contribution in [0.3, 0.4) is 0 Å². The van der Waals surface area contributed by atoms with Crippen LogP contribution in [0.5, 0.6) is 0 Å². The minimum Gasteiger partial charge on any atom is -0.444 e. The molecule has 1 saturated carbocycles. The van der Waals surface area contributed by atoms with Gasteiger partial charge in [-0.3, -0.25) is 4.79 Å². The Morgan fingerprint density at radius 1 is 1.31 bits per heavy atom. The van der Waals surface area contributed by atoms with E-state index in [2.05, 4.69) is 15.6 Å². The Morgan fingerprint density at radius 3 is 2.58 bits per heavy atom. The Labute approximate surface area is 157 Å². The first-order valence-electron chi connectivity index (χ1n) is 8.73. The fourth-order valence-corrected chi connectivity index (χ4v) is 3.09. The first-order valence-corrected chi connectivity index (χ1v) is 9.10. The second kappa shape index (κ2) is 8.66. The van der Waals surface area contributed by atoms with Gasteiger partial charge in [0.25, 0.3) is 5.91 Å². The van der Waals surface area contributed by atoms with Crippen molar-refractivity contribution in [3.05, 3.63) is 28.8 Å². The zero-order valence-corrected chi connectivity index (χ0v) is 16.0. The van der Waals surface area contributed by atoms with E-state index in [1.54, 1.807) is 0 Å². The molecule has 0 bridgehead atoms. The maximum atomic E-state index is 13.2. The number of halogens is 2. The molecular formula is C18H25ClFN3O3. The number of nitrogens with one attached hydrogen (secondary N) is 2. The number of rotatable bonds is 4. The van der Waals surface area contributed by atoms with Gasteiger partial charge in [-0.1, -0.05) is 11.6 Å².